The first-order valence-corrected chi connectivity index (χ1v) is 10.7. The van der Waals surface area contributed by atoms with E-state index < -0.39 is 0 Å². The van der Waals surface area contributed by atoms with Gasteiger partial charge in [0.05, 0.1) is 5.41 Å². The van der Waals surface area contributed by atoms with E-state index in [1.165, 1.54) is 5.56 Å². The number of likely N-dealkylation sites (tertiary alicyclic amines) is 3. The van der Waals surface area contributed by atoms with Crippen LogP contribution in [0, 0.1) is 10.8 Å². The molecule has 1 atom stereocenters. The molecule has 4 heterocycles. The number of piperidine rings is 1. The summed E-state index contributed by atoms with van der Waals surface area (Å²) in [4.78, 5) is 31.9. The molecule has 3 fully saturated rings. The lowest BCUT2D eigenvalue weighted by Gasteiger charge is -2.46. The SMILES string of the molecule is CCN1CCC2(CN(C(C)=O)CC23CCN(Cc2ccsc2)CC3)C1=O. The molecule has 0 bridgehead atoms. The van der Waals surface area contributed by atoms with Crippen LogP contribution in [0.4, 0.5) is 0 Å². The summed E-state index contributed by atoms with van der Waals surface area (Å²) in [6.45, 7) is 9.76. The van der Waals surface area contributed by atoms with Gasteiger partial charge in [-0.25, -0.2) is 0 Å². The second kappa shape index (κ2) is 6.64. The number of carbonyl (C=O) groups excluding carboxylic acids is 2. The van der Waals surface area contributed by atoms with Gasteiger partial charge < -0.3 is 9.80 Å². The fraction of sp³-hybridized carbons (Fsp3) is 0.700. The van der Waals surface area contributed by atoms with Gasteiger partial charge >= 0.3 is 0 Å². The third-order valence-electron chi connectivity index (χ3n) is 7.10. The molecule has 5 nitrogen and oxygen atoms in total. The Kier molecular flexibility index (Phi) is 4.59. The van der Waals surface area contributed by atoms with Gasteiger partial charge in [-0.1, -0.05) is 0 Å². The molecule has 1 aromatic heterocycles. The molecular formula is C20H29N3O2S. The standard InChI is InChI=1S/C20H29N3O2S/c1-3-22-10-7-20(18(22)25)15-23(16(2)24)14-19(20)5-8-21(9-6-19)12-17-4-11-26-13-17/h4,11,13H,3,5-10,12,14-15H2,1-2H3. The molecule has 0 radical (unpaired) electrons. The molecule has 4 rings (SSSR count). The average molecular weight is 376 g/mol. The number of carbonyl (C=O) groups is 2. The van der Waals surface area contributed by atoms with E-state index in [0.29, 0.717) is 12.5 Å². The number of thiophene rings is 1. The normalized spacial score (nSPS) is 28.6. The van der Waals surface area contributed by atoms with Crippen LogP contribution in [0.1, 0.15) is 38.7 Å². The molecule has 0 saturated carbocycles. The first kappa shape index (κ1) is 18.0. The summed E-state index contributed by atoms with van der Waals surface area (Å²) in [7, 11) is 0. The van der Waals surface area contributed by atoms with Gasteiger partial charge in [0.2, 0.25) is 11.8 Å². The monoisotopic (exact) mass is 375 g/mol. The van der Waals surface area contributed by atoms with Gasteiger partial charge in [0, 0.05) is 45.1 Å². The van der Waals surface area contributed by atoms with Crippen LogP contribution >= 0.6 is 11.3 Å². The summed E-state index contributed by atoms with van der Waals surface area (Å²) in [5, 5.41) is 4.35. The zero-order valence-electron chi connectivity index (χ0n) is 15.9. The van der Waals surface area contributed by atoms with E-state index in [1.54, 1.807) is 18.3 Å². The van der Waals surface area contributed by atoms with E-state index in [4.69, 9.17) is 0 Å². The molecule has 3 aliphatic heterocycles. The predicted octanol–water partition coefficient (Wildman–Crippen LogP) is 2.43. The molecule has 0 aliphatic carbocycles. The van der Waals surface area contributed by atoms with Crippen molar-refractivity contribution >= 4 is 23.2 Å². The van der Waals surface area contributed by atoms with Crippen LogP contribution in [0.15, 0.2) is 16.8 Å². The molecule has 2 amide bonds. The van der Waals surface area contributed by atoms with E-state index in [1.807, 2.05) is 9.80 Å². The molecule has 3 saturated heterocycles. The zero-order valence-corrected chi connectivity index (χ0v) is 16.7. The fourth-order valence-corrected chi connectivity index (χ4v) is 6.14. The average Bonchev–Trinajstić information content (AvgIpc) is 3.32. The lowest BCUT2D eigenvalue weighted by Crippen LogP contribution is -2.52. The van der Waals surface area contributed by atoms with Gasteiger partial charge in [-0.2, -0.15) is 11.3 Å². The highest BCUT2D eigenvalue weighted by Gasteiger charge is 2.65. The number of nitrogens with zero attached hydrogens (tertiary/aromatic N) is 3. The van der Waals surface area contributed by atoms with Crippen molar-refractivity contribution in [3.05, 3.63) is 22.4 Å². The Bertz CT molecular complexity index is 681. The number of hydrogen-bond donors (Lipinski definition) is 0. The molecule has 0 aromatic carbocycles. The Morgan fingerprint density at radius 1 is 1.19 bits per heavy atom. The van der Waals surface area contributed by atoms with Crippen LogP contribution in [-0.4, -0.2) is 65.8 Å². The molecule has 0 N–H and O–H groups in total. The highest BCUT2D eigenvalue weighted by atomic mass is 32.1. The smallest absolute Gasteiger partial charge is 0.231 e. The maximum Gasteiger partial charge on any atom is 0.231 e. The second-order valence-corrected chi connectivity index (χ2v) is 9.06. The summed E-state index contributed by atoms with van der Waals surface area (Å²) in [5.74, 6) is 0.416. The lowest BCUT2D eigenvalue weighted by molar-refractivity contribution is -0.142. The van der Waals surface area contributed by atoms with Crippen LogP contribution in [0.25, 0.3) is 0 Å². The highest BCUT2D eigenvalue weighted by Crippen LogP contribution is 2.57. The van der Waals surface area contributed by atoms with E-state index in [2.05, 4.69) is 28.7 Å². The molecule has 2 spiro atoms. The Morgan fingerprint density at radius 3 is 2.54 bits per heavy atom. The van der Waals surface area contributed by atoms with Crippen LogP contribution in [0.2, 0.25) is 0 Å². The van der Waals surface area contributed by atoms with E-state index >= 15 is 0 Å². The first-order chi connectivity index (χ1) is 12.5. The Hall–Kier alpha value is -1.40. The van der Waals surface area contributed by atoms with E-state index in [9.17, 15) is 9.59 Å². The Morgan fingerprint density at radius 2 is 1.96 bits per heavy atom. The molecule has 3 aliphatic rings. The van der Waals surface area contributed by atoms with E-state index in [0.717, 1.165) is 58.5 Å². The Balaban J connectivity index is 1.55. The Labute approximate surface area is 159 Å². The number of amides is 2. The minimum absolute atomic E-state index is 0.0369. The number of rotatable bonds is 3. The van der Waals surface area contributed by atoms with Crippen molar-refractivity contribution in [3.63, 3.8) is 0 Å². The van der Waals surface area contributed by atoms with Crippen LogP contribution in [-0.2, 0) is 16.1 Å². The van der Waals surface area contributed by atoms with Crippen molar-refractivity contribution in [2.75, 3.05) is 39.3 Å². The number of fused-ring (bicyclic) bond motifs is 1. The molecule has 1 unspecified atom stereocenters. The summed E-state index contributed by atoms with van der Waals surface area (Å²) in [5.41, 5.74) is 1.00. The van der Waals surface area contributed by atoms with E-state index in [-0.39, 0.29) is 16.7 Å². The zero-order chi connectivity index (χ0) is 18.4. The summed E-state index contributed by atoms with van der Waals surface area (Å²) >= 11 is 1.75. The molecule has 26 heavy (non-hydrogen) atoms. The maximum atomic E-state index is 13.3. The second-order valence-electron chi connectivity index (χ2n) is 8.28. The van der Waals surface area contributed by atoms with Crippen molar-refractivity contribution in [1.82, 2.24) is 14.7 Å². The van der Waals surface area contributed by atoms with Crippen molar-refractivity contribution in [3.8, 4) is 0 Å². The number of hydrogen-bond acceptors (Lipinski definition) is 4. The lowest BCUT2D eigenvalue weighted by atomic mass is 9.60. The minimum Gasteiger partial charge on any atom is -0.342 e. The topological polar surface area (TPSA) is 43.9 Å². The van der Waals surface area contributed by atoms with Crippen LogP contribution in [0.3, 0.4) is 0 Å². The molecule has 142 valence electrons. The van der Waals surface area contributed by atoms with Crippen molar-refractivity contribution in [1.29, 1.82) is 0 Å². The first-order valence-electron chi connectivity index (χ1n) is 9.78. The highest BCUT2D eigenvalue weighted by molar-refractivity contribution is 7.07. The van der Waals surface area contributed by atoms with Gasteiger partial charge in [-0.15, -0.1) is 0 Å². The molecule has 1 aromatic rings. The summed E-state index contributed by atoms with van der Waals surface area (Å²) < 4.78 is 0. The minimum atomic E-state index is -0.344. The van der Waals surface area contributed by atoms with Gasteiger partial charge in [-0.3, -0.25) is 14.5 Å². The van der Waals surface area contributed by atoms with Gasteiger partial charge in [0.25, 0.3) is 0 Å². The van der Waals surface area contributed by atoms with Crippen molar-refractivity contribution in [2.45, 2.75) is 39.7 Å². The third-order valence-corrected chi connectivity index (χ3v) is 7.83. The van der Waals surface area contributed by atoms with Gasteiger partial charge in [0.15, 0.2) is 0 Å². The van der Waals surface area contributed by atoms with Gasteiger partial charge in [-0.05, 0) is 61.7 Å². The fourth-order valence-electron chi connectivity index (χ4n) is 5.48. The quantitative estimate of drug-likeness (QED) is 0.815. The molecule has 6 heteroatoms. The van der Waals surface area contributed by atoms with Crippen molar-refractivity contribution < 1.29 is 9.59 Å². The predicted molar refractivity (Wildman–Crippen MR) is 103 cm³/mol. The van der Waals surface area contributed by atoms with Crippen molar-refractivity contribution in [2.24, 2.45) is 10.8 Å². The van der Waals surface area contributed by atoms with Gasteiger partial charge in [0.1, 0.15) is 0 Å². The molecular weight excluding hydrogens is 346 g/mol. The largest absolute Gasteiger partial charge is 0.342 e. The summed E-state index contributed by atoms with van der Waals surface area (Å²) in [6.07, 6.45) is 2.95. The van der Waals surface area contributed by atoms with Crippen LogP contribution < -0.4 is 0 Å². The van der Waals surface area contributed by atoms with Crippen LogP contribution in [0.5, 0.6) is 0 Å². The maximum absolute atomic E-state index is 13.3. The third kappa shape index (κ3) is 2.69. The summed E-state index contributed by atoms with van der Waals surface area (Å²) in [6, 6.07) is 2.20.